The summed E-state index contributed by atoms with van der Waals surface area (Å²) in [5.41, 5.74) is 0. The molecular formula is C10H20F2N2. The first kappa shape index (κ1) is 11.9. The van der Waals surface area contributed by atoms with Gasteiger partial charge >= 0.3 is 0 Å². The van der Waals surface area contributed by atoms with Crippen LogP contribution in [0, 0.1) is 0 Å². The molecule has 0 bridgehead atoms. The maximum absolute atomic E-state index is 12.1. The lowest BCUT2D eigenvalue weighted by Crippen LogP contribution is -2.42. The molecule has 0 aliphatic heterocycles. The average molecular weight is 206 g/mol. The second-order valence-electron chi connectivity index (χ2n) is 4.08. The first-order valence-corrected chi connectivity index (χ1v) is 5.35. The SMILES string of the molecule is CCC(CNC1CC1)N(C)CC(F)F. The summed E-state index contributed by atoms with van der Waals surface area (Å²) in [7, 11) is 1.77. The molecule has 0 amide bonds. The van der Waals surface area contributed by atoms with E-state index in [9.17, 15) is 8.78 Å². The number of rotatable bonds is 7. The van der Waals surface area contributed by atoms with Gasteiger partial charge in [0.2, 0.25) is 0 Å². The van der Waals surface area contributed by atoms with Crippen LogP contribution in [0.5, 0.6) is 0 Å². The highest BCUT2D eigenvalue weighted by atomic mass is 19.3. The van der Waals surface area contributed by atoms with Crippen LogP contribution in [0.4, 0.5) is 8.78 Å². The molecule has 0 aromatic heterocycles. The van der Waals surface area contributed by atoms with E-state index in [-0.39, 0.29) is 12.6 Å². The highest BCUT2D eigenvalue weighted by molar-refractivity contribution is 4.83. The van der Waals surface area contributed by atoms with Gasteiger partial charge in [-0.15, -0.1) is 0 Å². The van der Waals surface area contributed by atoms with Gasteiger partial charge < -0.3 is 5.32 Å². The monoisotopic (exact) mass is 206 g/mol. The lowest BCUT2D eigenvalue weighted by atomic mass is 10.2. The minimum absolute atomic E-state index is 0.120. The molecule has 0 aromatic carbocycles. The second kappa shape index (κ2) is 5.61. The summed E-state index contributed by atoms with van der Waals surface area (Å²) in [4.78, 5) is 1.75. The van der Waals surface area contributed by atoms with Crippen LogP contribution in [0.1, 0.15) is 26.2 Å². The van der Waals surface area contributed by atoms with Crippen molar-refractivity contribution in [3.05, 3.63) is 0 Å². The van der Waals surface area contributed by atoms with Crippen molar-refractivity contribution in [2.24, 2.45) is 0 Å². The summed E-state index contributed by atoms with van der Waals surface area (Å²) in [5.74, 6) is 0. The van der Waals surface area contributed by atoms with Gasteiger partial charge in [-0.25, -0.2) is 8.78 Å². The maximum atomic E-state index is 12.1. The minimum atomic E-state index is -2.23. The molecule has 2 nitrogen and oxygen atoms in total. The summed E-state index contributed by atoms with van der Waals surface area (Å²) in [6.45, 7) is 2.76. The number of nitrogens with one attached hydrogen (secondary N) is 1. The van der Waals surface area contributed by atoms with Crippen molar-refractivity contribution >= 4 is 0 Å². The van der Waals surface area contributed by atoms with Crippen LogP contribution in [-0.2, 0) is 0 Å². The fourth-order valence-corrected chi connectivity index (χ4v) is 1.57. The van der Waals surface area contributed by atoms with Gasteiger partial charge in [0.25, 0.3) is 6.43 Å². The number of hydrogen-bond donors (Lipinski definition) is 1. The van der Waals surface area contributed by atoms with Gasteiger partial charge in [0.15, 0.2) is 0 Å². The zero-order valence-corrected chi connectivity index (χ0v) is 8.97. The third-order valence-corrected chi connectivity index (χ3v) is 2.74. The Balaban J connectivity index is 2.19. The molecule has 4 heteroatoms. The molecule has 0 radical (unpaired) electrons. The van der Waals surface area contributed by atoms with Gasteiger partial charge in [-0.05, 0) is 26.3 Å². The van der Waals surface area contributed by atoms with Crippen LogP contribution in [0.3, 0.4) is 0 Å². The Morgan fingerprint density at radius 3 is 2.50 bits per heavy atom. The van der Waals surface area contributed by atoms with E-state index in [1.807, 2.05) is 6.92 Å². The number of nitrogens with zero attached hydrogens (tertiary/aromatic N) is 1. The molecular weight excluding hydrogens is 186 g/mol. The largest absolute Gasteiger partial charge is 0.312 e. The molecule has 0 heterocycles. The molecule has 1 saturated carbocycles. The van der Waals surface area contributed by atoms with E-state index in [4.69, 9.17) is 0 Å². The normalized spacial score (nSPS) is 19.3. The zero-order valence-electron chi connectivity index (χ0n) is 8.97. The van der Waals surface area contributed by atoms with Crippen LogP contribution in [0.25, 0.3) is 0 Å². The van der Waals surface area contributed by atoms with Crippen LogP contribution in [-0.4, -0.2) is 43.5 Å². The highest BCUT2D eigenvalue weighted by Crippen LogP contribution is 2.18. The van der Waals surface area contributed by atoms with Crippen molar-refractivity contribution in [3.63, 3.8) is 0 Å². The molecule has 0 aromatic rings. The van der Waals surface area contributed by atoms with Crippen molar-refractivity contribution in [2.45, 2.75) is 44.7 Å². The predicted molar refractivity (Wildman–Crippen MR) is 53.7 cm³/mol. The maximum Gasteiger partial charge on any atom is 0.251 e. The van der Waals surface area contributed by atoms with E-state index < -0.39 is 6.43 Å². The van der Waals surface area contributed by atoms with Crippen molar-refractivity contribution in [3.8, 4) is 0 Å². The molecule has 0 spiro atoms. The lowest BCUT2D eigenvalue weighted by Gasteiger charge is -2.27. The Labute approximate surface area is 84.7 Å². The molecule has 1 aliphatic carbocycles. The third kappa shape index (κ3) is 4.33. The number of hydrogen-bond acceptors (Lipinski definition) is 2. The summed E-state index contributed by atoms with van der Waals surface area (Å²) in [6, 6.07) is 0.897. The molecule has 1 aliphatic rings. The van der Waals surface area contributed by atoms with Gasteiger partial charge in [-0.3, -0.25) is 4.90 Å². The molecule has 14 heavy (non-hydrogen) atoms. The quantitative estimate of drug-likeness (QED) is 0.682. The Morgan fingerprint density at radius 2 is 2.07 bits per heavy atom. The Bertz CT molecular complexity index is 160. The number of halogens is 2. The van der Waals surface area contributed by atoms with E-state index in [0.29, 0.717) is 6.04 Å². The second-order valence-corrected chi connectivity index (χ2v) is 4.08. The molecule has 1 atom stereocenters. The van der Waals surface area contributed by atoms with Crippen LogP contribution in [0.15, 0.2) is 0 Å². The van der Waals surface area contributed by atoms with E-state index in [1.54, 1.807) is 11.9 Å². The average Bonchev–Trinajstić information content (AvgIpc) is 2.87. The van der Waals surface area contributed by atoms with Gasteiger partial charge in [0.1, 0.15) is 0 Å². The smallest absolute Gasteiger partial charge is 0.251 e. The standard InChI is InChI=1S/C10H20F2N2/c1-3-9(6-13-8-4-5-8)14(2)7-10(11)12/h8-10,13H,3-7H2,1-2H3. The van der Waals surface area contributed by atoms with E-state index >= 15 is 0 Å². The van der Waals surface area contributed by atoms with Gasteiger partial charge in [-0.2, -0.15) is 0 Å². The fourth-order valence-electron chi connectivity index (χ4n) is 1.57. The first-order valence-electron chi connectivity index (χ1n) is 5.35. The molecule has 1 rings (SSSR count). The topological polar surface area (TPSA) is 15.3 Å². The molecule has 1 fully saturated rings. The third-order valence-electron chi connectivity index (χ3n) is 2.74. The lowest BCUT2D eigenvalue weighted by molar-refractivity contribution is 0.0793. The van der Waals surface area contributed by atoms with Crippen LogP contribution in [0.2, 0.25) is 0 Å². The molecule has 1 N–H and O–H groups in total. The van der Waals surface area contributed by atoms with Crippen molar-refractivity contribution < 1.29 is 8.78 Å². The summed E-state index contributed by atoms with van der Waals surface area (Å²) < 4.78 is 24.3. The van der Waals surface area contributed by atoms with E-state index in [2.05, 4.69) is 5.32 Å². The van der Waals surface area contributed by atoms with E-state index in [1.165, 1.54) is 12.8 Å². The Morgan fingerprint density at radius 1 is 1.43 bits per heavy atom. The van der Waals surface area contributed by atoms with Crippen LogP contribution < -0.4 is 5.32 Å². The van der Waals surface area contributed by atoms with Crippen molar-refractivity contribution in [1.82, 2.24) is 10.2 Å². The van der Waals surface area contributed by atoms with Gasteiger partial charge in [0.05, 0.1) is 6.54 Å². The first-order chi connectivity index (χ1) is 6.63. The number of alkyl halides is 2. The van der Waals surface area contributed by atoms with Gasteiger partial charge in [-0.1, -0.05) is 6.92 Å². The number of likely N-dealkylation sites (N-methyl/N-ethyl adjacent to an activating group) is 1. The Hall–Kier alpha value is -0.220. The summed E-state index contributed by atoms with van der Waals surface area (Å²) in [6.07, 6.45) is 1.18. The Kier molecular flexibility index (Phi) is 4.75. The van der Waals surface area contributed by atoms with Crippen molar-refractivity contribution in [1.29, 1.82) is 0 Å². The fraction of sp³-hybridized carbons (Fsp3) is 1.00. The summed E-state index contributed by atoms with van der Waals surface area (Å²) >= 11 is 0. The summed E-state index contributed by atoms with van der Waals surface area (Å²) in [5, 5.41) is 3.38. The predicted octanol–water partition coefficient (Wildman–Crippen LogP) is 1.71. The van der Waals surface area contributed by atoms with Gasteiger partial charge in [0, 0.05) is 18.6 Å². The minimum Gasteiger partial charge on any atom is -0.312 e. The van der Waals surface area contributed by atoms with Crippen molar-refractivity contribution in [2.75, 3.05) is 20.1 Å². The molecule has 84 valence electrons. The zero-order chi connectivity index (χ0) is 10.6. The highest BCUT2D eigenvalue weighted by Gasteiger charge is 2.23. The van der Waals surface area contributed by atoms with E-state index in [0.717, 1.165) is 13.0 Å². The molecule has 0 saturated heterocycles. The van der Waals surface area contributed by atoms with Crippen LogP contribution >= 0.6 is 0 Å². The molecule has 1 unspecified atom stereocenters.